The third-order valence-corrected chi connectivity index (χ3v) is 6.20. The molecule has 1 saturated heterocycles. The number of benzene rings is 1. The third kappa shape index (κ3) is 4.07. The Bertz CT molecular complexity index is 1100. The minimum Gasteiger partial charge on any atom is -0.492 e. The number of amides is 3. The van der Waals surface area contributed by atoms with E-state index in [0.29, 0.717) is 30.1 Å². The average molecular weight is 457 g/mol. The first-order chi connectivity index (χ1) is 14.5. The van der Waals surface area contributed by atoms with Gasteiger partial charge in [-0.05, 0) is 44.2 Å². The Balaban J connectivity index is 1.88. The predicted octanol–water partition coefficient (Wildman–Crippen LogP) is 3.13. The zero-order chi connectivity index (χ0) is 23.0. The number of ether oxygens (including phenoxy) is 1. The average Bonchev–Trinajstić information content (AvgIpc) is 2.92. The molecule has 2 heterocycles. The van der Waals surface area contributed by atoms with E-state index in [-0.39, 0.29) is 12.2 Å². The predicted molar refractivity (Wildman–Crippen MR) is 103 cm³/mol. The number of hydrogen-bond acceptors (Lipinski definition) is 6. The molecule has 0 bridgehead atoms. The van der Waals surface area contributed by atoms with Gasteiger partial charge in [0.2, 0.25) is 0 Å². The minimum absolute atomic E-state index is 0.0368. The summed E-state index contributed by atoms with van der Waals surface area (Å²) >= 11 is 0. The zero-order valence-corrected chi connectivity index (χ0v) is 17.3. The van der Waals surface area contributed by atoms with E-state index in [4.69, 9.17) is 4.74 Å². The molecule has 1 aromatic heterocycles. The van der Waals surface area contributed by atoms with Gasteiger partial charge in [0.25, 0.3) is 15.7 Å². The Morgan fingerprint density at radius 2 is 1.77 bits per heavy atom. The number of halogens is 3. The Morgan fingerprint density at radius 1 is 1.13 bits per heavy atom. The van der Waals surface area contributed by atoms with Crippen LogP contribution in [0, 0.1) is 0 Å². The molecule has 1 fully saturated rings. The van der Waals surface area contributed by atoms with Crippen LogP contribution in [0.1, 0.15) is 19.4 Å². The summed E-state index contributed by atoms with van der Waals surface area (Å²) in [5, 5.41) is 0. The van der Waals surface area contributed by atoms with E-state index in [1.54, 1.807) is 13.0 Å². The van der Waals surface area contributed by atoms with E-state index >= 15 is 0 Å². The maximum Gasteiger partial charge on any atom is 0.501 e. The van der Waals surface area contributed by atoms with Gasteiger partial charge in [-0.2, -0.15) is 13.2 Å². The molecule has 1 aromatic carbocycles. The molecule has 3 rings (SSSR count). The van der Waals surface area contributed by atoms with Crippen molar-refractivity contribution in [2.45, 2.75) is 36.8 Å². The number of sulfone groups is 1. The van der Waals surface area contributed by atoms with E-state index in [0.717, 1.165) is 17.0 Å². The molecule has 1 atom stereocenters. The second kappa shape index (κ2) is 8.17. The molecule has 0 N–H and O–H groups in total. The van der Waals surface area contributed by atoms with Crippen LogP contribution in [-0.2, 0) is 21.2 Å². The lowest BCUT2D eigenvalue weighted by Crippen LogP contribution is -2.33. The molecular weight excluding hydrogens is 439 g/mol. The lowest BCUT2D eigenvalue weighted by atomic mass is 10.2. The molecule has 0 aliphatic carbocycles. The highest BCUT2D eigenvalue weighted by molar-refractivity contribution is 7.92. The van der Waals surface area contributed by atoms with Crippen molar-refractivity contribution in [1.82, 2.24) is 9.88 Å². The number of anilines is 1. The van der Waals surface area contributed by atoms with Crippen LogP contribution >= 0.6 is 0 Å². The highest BCUT2D eigenvalue weighted by Crippen LogP contribution is 2.33. The fraction of sp³-hybridized carbons (Fsp3) is 0.316. The number of nitrogens with zero attached hydrogens (tertiary/aromatic N) is 3. The molecule has 2 aromatic rings. The van der Waals surface area contributed by atoms with Gasteiger partial charge in [-0.3, -0.25) is 9.78 Å². The monoisotopic (exact) mass is 457 g/mol. The lowest BCUT2D eigenvalue weighted by Gasteiger charge is -2.21. The van der Waals surface area contributed by atoms with Crippen LogP contribution in [0.15, 0.2) is 47.6 Å². The number of carbonyl (C=O) groups is 2. The molecular formula is C19H18F3N3O5S. The standard InChI is InChI=1S/C19H18F3N3O5S/c1-3-30-16-10-23-9-8-13(16)11-24-12(2)17(26)25(18(24)27)14-4-6-15(7-5-14)31(28,29)19(20,21)22/h4-10,12H,3,11H2,1-2H3. The van der Waals surface area contributed by atoms with Gasteiger partial charge in [0.1, 0.15) is 11.8 Å². The molecule has 1 unspecified atom stereocenters. The highest BCUT2D eigenvalue weighted by atomic mass is 32.2. The van der Waals surface area contributed by atoms with Gasteiger partial charge >= 0.3 is 11.5 Å². The molecule has 0 spiro atoms. The summed E-state index contributed by atoms with van der Waals surface area (Å²) in [6.07, 6.45) is 3.01. The maximum absolute atomic E-state index is 12.9. The number of pyridine rings is 1. The van der Waals surface area contributed by atoms with Gasteiger partial charge in [0.05, 0.1) is 29.9 Å². The Labute approximate surface area is 176 Å². The van der Waals surface area contributed by atoms with Gasteiger partial charge in [0, 0.05) is 11.8 Å². The van der Waals surface area contributed by atoms with Crippen molar-refractivity contribution in [3.63, 3.8) is 0 Å². The van der Waals surface area contributed by atoms with Crippen molar-refractivity contribution in [2.24, 2.45) is 0 Å². The molecule has 1 aliphatic rings. The molecule has 166 valence electrons. The van der Waals surface area contributed by atoms with Crippen LogP contribution in [-0.4, -0.2) is 48.4 Å². The molecule has 31 heavy (non-hydrogen) atoms. The summed E-state index contributed by atoms with van der Waals surface area (Å²) in [7, 11) is -5.53. The summed E-state index contributed by atoms with van der Waals surface area (Å²) < 4.78 is 66.6. The van der Waals surface area contributed by atoms with E-state index in [1.165, 1.54) is 24.2 Å². The van der Waals surface area contributed by atoms with Crippen molar-refractivity contribution in [3.05, 3.63) is 48.3 Å². The quantitative estimate of drug-likeness (QED) is 0.619. The molecule has 3 amide bonds. The zero-order valence-electron chi connectivity index (χ0n) is 16.5. The number of alkyl halides is 3. The molecule has 0 saturated carbocycles. The maximum atomic E-state index is 12.9. The molecule has 1 aliphatic heterocycles. The Hall–Kier alpha value is -3.15. The first-order valence-electron chi connectivity index (χ1n) is 9.10. The van der Waals surface area contributed by atoms with Crippen LogP contribution in [0.2, 0.25) is 0 Å². The summed E-state index contributed by atoms with van der Waals surface area (Å²) in [6, 6.07) is 3.50. The van der Waals surface area contributed by atoms with Crippen molar-refractivity contribution in [1.29, 1.82) is 0 Å². The van der Waals surface area contributed by atoms with Crippen LogP contribution in [0.25, 0.3) is 0 Å². The SMILES string of the molecule is CCOc1cnccc1CN1C(=O)N(c2ccc(S(=O)(=O)C(F)(F)F)cc2)C(=O)C1C. The van der Waals surface area contributed by atoms with Gasteiger partial charge < -0.3 is 9.64 Å². The van der Waals surface area contributed by atoms with Crippen LogP contribution < -0.4 is 9.64 Å². The molecule has 0 radical (unpaired) electrons. The second-order valence-corrected chi connectivity index (χ2v) is 8.56. The normalized spacial score (nSPS) is 17.4. The van der Waals surface area contributed by atoms with Crippen molar-refractivity contribution < 1.29 is 35.9 Å². The van der Waals surface area contributed by atoms with E-state index in [2.05, 4.69) is 4.98 Å². The lowest BCUT2D eigenvalue weighted by molar-refractivity contribution is -0.119. The number of imide groups is 1. The number of aromatic nitrogens is 1. The number of urea groups is 1. The number of rotatable bonds is 6. The fourth-order valence-corrected chi connectivity index (χ4v) is 3.83. The first-order valence-corrected chi connectivity index (χ1v) is 10.6. The summed E-state index contributed by atoms with van der Waals surface area (Å²) in [5.41, 5.74) is -4.87. The summed E-state index contributed by atoms with van der Waals surface area (Å²) in [4.78, 5) is 30.7. The van der Waals surface area contributed by atoms with Gasteiger partial charge in [-0.1, -0.05) is 0 Å². The second-order valence-electron chi connectivity index (χ2n) is 6.62. The largest absolute Gasteiger partial charge is 0.501 e. The van der Waals surface area contributed by atoms with E-state index in [1.807, 2.05) is 0 Å². The van der Waals surface area contributed by atoms with Crippen molar-refractivity contribution in [2.75, 3.05) is 11.5 Å². The van der Waals surface area contributed by atoms with Gasteiger partial charge in [0.15, 0.2) is 0 Å². The number of hydrogen-bond donors (Lipinski definition) is 0. The molecule has 12 heteroatoms. The topological polar surface area (TPSA) is 96.9 Å². The van der Waals surface area contributed by atoms with E-state index in [9.17, 15) is 31.2 Å². The molecule has 8 nitrogen and oxygen atoms in total. The number of carbonyl (C=O) groups excluding carboxylic acids is 2. The third-order valence-electron chi connectivity index (χ3n) is 4.70. The van der Waals surface area contributed by atoms with Crippen molar-refractivity contribution >= 4 is 27.5 Å². The summed E-state index contributed by atoms with van der Waals surface area (Å²) in [6.45, 7) is 3.72. The van der Waals surface area contributed by atoms with Crippen LogP contribution in [0.5, 0.6) is 5.75 Å². The first kappa shape index (κ1) is 22.5. The van der Waals surface area contributed by atoms with Crippen LogP contribution in [0.3, 0.4) is 0 Å². The van der Waals surface area contributed by atoms with Crippen LogP contribution in [0.4, 0.5) is 23.7 Å². The van der Waals surface area contributed by atoms with Gasteiger partial charge in [-0.25, -0.2) is 18.1 Å². The fourth-order valence-electron chi connectivity index (χ4n) is 3.07. The smallest absolute Gasteiger partial charge is 0.492 e. The van der Waals surface area contributed by atoms with Gasteiger partial charge in [-0.15, -0.1) is 0 Å². The Morgan fingerprint density at radius 3 is 2.35 bits per heavy atom. The minimum atomic E-state index is -5.53. The summed E-state index contributed by atoms with van der Waals surface area (Å²) in [5.74, 6) is -0.138. The Kier molecular flexibility index (Phi) is 5.94. The van der Waals surface area contributed by atoms with E-state index < -0.39 is 38.2 Å². The highest BCUT2D eigenvalue weighted by Gasteiger charge is 2.47. The van der Waals surface area contributed by atoms with Crippen molar-refractivity contribution in [3.8, 4) is 5.75 Å².